The van der Waals surface area contributed by atoms with Crippen LogP contribution in [0.4, 0.5) is 11.4 Å². The summed E-state index contributed by atoms with van der Waals surface area (Å²) in [5, 5.41) is 3.28. The summed E-state index contributed by atoms with van der Waals surface area (Å²) in [7, 11) is 0. The predicted molar refractivity (Wildman–Crippen MR) is 103 cm³/mol. The summed E-state index contributed by atoms with van der Waals surface area (Å²) >= 11 is 18.0. The number of ether oxygens (including phenoxy) is 1. The molecule has 0 aliphatic carbocycles. The molecule has 0 spiro atoms. The first kappa shape index (κ1) is 18.6. The third-order valence-electron chi connectivity index (χ3n) is 3.57. The molecule has 1 aliphatic heterocycles. The molecule has 0 bridgehead atoms. The number of halogens is 3. The average Bonchev–Trinajstić information content (AvgIpc) is 2.79. The highest BCUT2D eigenvalue weighted by Gasteiger charge is 2.39. The lowest BCUT2D eigenvalue weighted by molar-refractivity contribution is -0.120. The maximum atomic E-state index is 12.7. The van der Waals surface area contributed by atoms with Gasteiger partial charge in [0.2, 0.25) is 0 Å². The molecule has 2 aromatic rings. The van der Waals surface area contributed by atoms with E-state index in [1.165, 1.54) is 18.2 Å². The van der Waals surface area contributed by atoms with Gasteiger partial charge >= 0.3 is 0 Å². The number of carbonyl (C=O) groups excluding carboxylic acids is 2. The third kappa shape index (κ3) is 3.65. The number of nitrogens with one attached hydrogen (secondary N) is 1. The summed E-state index contributed by atoms with van der Waals surface area (Å²) in [5.41, 5.74) is 0.824. The lowest BCUT2D eigenvalue weighted by Gasteiger charge is -2.16. The van der Waals surface area contributed by atoms with Gasteiger partial charge in [0, 0.05) is 15.7 Å². The summed E-state index contributed by atoms with van der Waals surface area (Å²) in [4.78, 5) is 26.1. The van der Waals surface area contributed by atoms with Crippen LogP contribution < -0.4 is 15.0 Å². The first-order valence-electron chi connectivity index (χ1n) is 7.65. The van der Waals surface area contributed by atoms with Crippen molar-refractivity contribution in [3.8, 4) is 5.75 Å². The van der Waals surface area contributed by atoms with Crippen molar-refractivity contribution in [2.24, 2.45) is 0 Å². The van der Waals surface area contributed by atoms with Crippen LogP contribution in [0, 0.1) is 0 Å². The number of carbonyl (C=O) groups is 2. The van der Waals surface area contributed by atoms with E-state index >= 15 is 0 Å². The Morgan fingerprint density at radius 1 is 0.962 bits per heavy atom. The van der Waals surface area contributed by atoms with E-state index in [0.717, 1.165) is 4.90 Å². The molecule has 26 heavy (non-hydrogen) atoms. The molecule has 0 saturated heterocycles. The van der Waals surface area contributed by atoms with E-state index in [1.54, 1.807) is 24.3 Å². The zero-order valence-corrected chi connectivity index (χ0v) is 15.8. The number of benzene rings is 2. The Bertz CT molecular complexity index is 890. The van der Waals surface area contributed by atoms with Crippen molar-refractivity contribution < 1.29 is 14.3 Å². The van der Waals surface area contributed by atoms with Gasteiger partial charge in [-0.3, -0.25) is 9.59 Å². The summed E-state index contributed by atoms with van der Waals surface area (Å²) in [5.74, 6) is -0.544. The number of anilines is 2. The van der Waals surface area contributed by atoms with Crippen molar-refractivity contribution >= 4 is 58.0 Å². The molecule has 0 atom stereocenters. The van der Waals surface area contributed by atoms with E-state index in [-0.39, 0.29) is 16.4 Å². The molecule has 0 saturated carbocycles. The second-order valence-corrected chi connectivity index (χ2v) is 6.60. The van der Waals surface area contributed by atoms with Crippen LogP contribution in [0.5, 0.6) is 5.75 Å². The second kappa shape index (κ2) is 7.58. The number of amides is 2. The summed E-state index contributed by atoms with van der Waals surface area (Å²) in [6.07, 6.45) is 0. The minimum atomic E-state index is -0.650. The Hall–Kier alpha value is -2.21. The zero-order chi connectivity index (χ0) is 18.8. The normalized spacial score (nSPS) is 14.2. The molecule has 1 heterocycles. The van der Waals surface area contributed by atoms with Gasteiger partial charge < -0.3 is 10.1 Å². The van der Waals surface area contributed by atoms with E-state index in [1.807, 2.05) is 6.92 Å². The summed E-state index contributed by atoms with van der Waals surface area (Å²) in [6.45, 7) is 2.43. The largest absolute Gasteiger partial charge is 0.494 e. The Balaban J connectivity index is 1.86. The van der Waals surface area contributed by atoms with Crippen molar-refractivity contribution in [3.63, 3.8) is 0 Å². The van der Waals surface area contributed by atoms with Crippen molar-refractivity contribution in [1.82, 2.24) is 0 Å². The van der Waals surface area contributed by atoms with Crippen LogP contribution in [-0.4, -0.2) is 18.4 Å². The number of hydrogen-bond donors (Lipinski definition) is 1. The Morgan fingerprint density at radius 3 is 2.15 bits per heavy atom. The quantitative estimate of drug-likeness (QED) is 0.716. The fourth-order valence-electron chi connectivity index (χ4n) is 2.46. The lowest BCUT2D eigenvalue weighted by atomic mass is 10.2. The molecular formula is C18H13Cl3N2O3. The van der Waals surface area contributed by atoms with Gasteiger partial charge in [0.05, 0.1) is 12.3 Å². The van der Waals surface area contributed by atoms with Gasteiger partial charge in [-0.1, -0.05) is 34.8 Å². The SMILES string of the molecule is CCOc1ccc(NC2=C(Cl)C(=O)N(c3cc(Cl)cc(Cl)c3)C2=O)cc1. The minimum Gasteiger partial charge on any atom is -0.494 e. The van der Waals surface area contributed by atoms with Crippen LogP contribution in [0.1, 0.15) is 6.92 Å². The third-order valence-corrected chi connectivity index (χ3v) is 4.35. The van der Waals surface area contributed by atoms with Crippen LogP contribution in [0.3, 0.4) is 0 Å². The highest BCUT2D eigenvalue weighted by Crippen LogP contribution is 2.33. The van der Waals surface area contributed by atoms with E-state index in [9.17, 15) is 9.59 Å². The fourth-order valence-corrected chi connectivity index (χ4v) is 3.19. The maximum absolute atomic E-state index is 12.7. The van der Waals surface area contributed by atoms with Gasteiger partial charge in [-0.15, -0.1) is 0 Å². The molecule has 1 aliphatic rings. The molecule has 0 radical (unpaired) electrons. The number of imide groups is 1. The summed E-state index contributed by atoms with van der Waals surface area (Å²) < 4.78 is 5.37. The van der Waals surface area contributed by atoms with Crippen molar-refractivity contribution in [2.75, 3.05) is 16.8 Å². The summed E-state index contributed by atoms with van der Waals surface area (Å²) in [6, 6.07) is 11.4. The number of rotatable bonds is 5. The Morgan fingerprint density at radius 2 is 1.58 bits per heavy atom. The van der Waals surface area contributed by atoms with E-state index in [2.05, 4.69) is 5.32 Å². The topological polar surface area (TPSA) is 58.6 Å². The van der Waals surface area contributed by atoms with Crippen molar-refractivity contribution in [1.29, 1.82) is 0 Å². The molecular weight excluding hydrogens is 399 g/mol. The molecule has 2 aromatic carbocycles. The maximum Gasteiger partial charge on any atom is 0.283 e. The Labute approximate surface area is 165 Å². The van der Waals surface area contributed by atoms with Gasteiger partial charge in [-0.2, -0.15) is 0 Å². The Kier molecular flexibility index (Phi) is 5.41. The molecule has 1 N–H and O–H groups in total. The van der Waals surface area contributed by atoms with Crippen LogP contribution in [-0.2, 0) is 9.59 Å². The monoisotopic (exact) mass is 410 g/mol. The molecule has 8 heteroatoms. The lowest BCUT2D eigenvalue weighted by Crippen LogP contribution is -2.32. The predicted octanol–water partition coefficient (Wildman–Crippen LogP) is 4.83. The van der Waals surface area contributed by atoms with Crippen LogP contribution >= 0.6 is 34.8 Å². The molecule has 0 fully saturated rings. The van der Waals surface area contributed by atoms with Crippen molar-refractivity contribution in [2.45, 2.75) is 6.92 Å². The molecule has 0 aromatic heterocycles. The standard InChI is InChI=1S/C18H13Cl3N2O3/c1-2-26-14-5-3-12(4-6-14)22-16-15(21)17(24)23(18(16)25)13-8-10(19)7-11(20)9-13/h3-9,22H,2H2,1H3. The number of hydrogen-bond acceptors (Lipinski definition) is 4. The van der Waals surface area contributed by atoms with Crippen molar-refractivity contribution in [3.05, 3.63) is 63.2 Å². The van der Waals surface area contributed by atoms with Gasteiger partial charge in [-0.25, -0.2) is 4.90 Å². The van der Waals surface area contributed by atoms with Crippen LogP contribution in [0.2, 0.25) is 10.0 Å². The van der Waals surface area contributed by atoms with E-state index < -0.39 is 11.8 Å². The molecule has 2 amide bonds. The van der Waals surface area contributed by atoms with Gasteiger partial charge in [0.1, 0.15) is 16.5 Å². The first-order valence-corrected chi connectivity index (χ1v) is 8.78. The van der Waals surface area contributed by atoms with E-state index in [0.29, 0.717) is 28.1 Å². The molecule has 5 nitrogen and oxygen atoms in total. The van der Waals surface area contributed by atoms with Gasteiger partial charge in [0.25, 0.3) is 11.8 Å². The first-order chi connectivity index (χ1) is 12.4. The van der Waals surface area contributed by atoms with Gasteiger partial charge in [-0.05, 0) is 49.4 Å². The highest BCUT2D eigenvalue weighted by atomic mass is 35.5. The number of nitrogens with zero attached hydrogens (tertiary/aromatic N) is 1. The molecule has 0 unspecified atom stereocenters. The second-order valence-electron chi connectivity index (χ2n) is 5.34. The highest BCUT2D eigenvalue weighted by molar-refractivity contribution is 6.53. The fraction of sp³-hybridized carbons (Fsp3) is 0.111. The minimum absolute atomic E-state index is 0.0167. The zero-order valence-electron chi connectivity index (χ0n) is 13.6. The molecule has 3 rings (SSSR count). The average molecular weight is 412 g/mol. The van der Waals surface area contributed by atoms with Crippen LogP contribution in [0.15, 0.2) is 53.2 Å². The van der Waals surface area contributed by atoms with E-state index in [4.69, 9.17) is 39.5 Å². The molecule has 134 valence electrons. The van der Waals surface area contributed by atoms with Crippen LogP contribution in [0.25, 0.3) is 0 Å². The smallest absolute Gasteiger partial charge is 0.283 e. The van der Waals surface area contributed by atoms with Gasteiger partial charge in [0.15, 0.2) is 0 Å².